The van der Waals surface area contributed by atoms with E-state index in [0.717, 1.165) is 56.6 Å². The fourth-order valence-electron chi connectivity index (χ4n) is 4.11. The number of nitrogens with zero attached hydrogens (tertiary/aromatic N) is 1. The summed E-state index contributed by atoms with van der Waals surface area (Å²) in [5, 5.41) is 3.17. The molecular formula is C24H17NO2S. The minimum atomic E-state index is 0.626. The van der Waals surface area contributed by atoms with Crippen molar-refractivity contribution in [3.8, 4) is 27.3 Å². The number of para-hydroxylation sites is 1. The third kappa shape index (κ3) is 2.25. The van der Waals surface area contributed by atoms with Gasteiger partial charge in [-0.25, -0.2) is 4.98 Å². The van der Waals surface area contributed by atoms with Crippen molar-refractivity contribution in [3.63, 3.8) is 0 Å². The third-order valence-corrected chi connectivity index (χ3v) is 6.24. The number of furan rings is 1. The maximum absolute atomic E-state index is 6.36. The molecule has 0 fully saturated rings. The Kier molecular flexibility index (Phi) is 3.38. The van der Waals surface area contributed by atoms with E-state index in [2.05, 4.69) is 48.7 Å². The number of pyridine rings is 1. The van der Waals surface area contributed by atoms with Gasteiger partial charge in [0, 0.05) is 33.4 Å². The second kappa shape index (κ2) is 5.94. The molecule has 0 saturated carbocycles. The van der Waals surface area contributed by atoms with Gasteiger partial charge in [-0.3, -0.25) is 0 Å². The number of ether oxygens (including phenoxy) is 1. The fraction of sp³-hybridized carbons (Fsp3) is 0.125. The lowest BCUT2D eigenvalue weighted by atomic mass is 9.93. The number of rotatable bonds is 1. The number of hydrogen-bond acceptors (Lipinski definition) is 4. The van der Waals surface area contributed by atoms with Crippen LogP contribution in [0.4, 0.5) is 0 Å². The number of thiophene rings is 1. The predicted octanol–water partition coefficient (Wildman–Crippen LogP) is 6.62. The molecule has 4 heterocycles. The van der Waals surface area contributed by atoms with Gasteiger partial charge in [0.2, 0.25) is 0 Å². The molecule has 28 heavy (non-hydrogen) atoms. The number of aryl methyl sites for hydroxylation is 1. The maximum atomic E-state index is 6.36. The van der Waals surface area contributed by atoms with Crippen molar-refractivity contribution in [2.75, 3.05) is 6.61 Å². The van der Waals surface area contributed by atoms with Gasteiger partial charge in [-0.05, 0) is 42.6 Å². The van der Waals surface area contributed by atoms with Crippen molar-refractivity contribution < 1.29 is 9.15 Å². The summed E-state index contributed by atoms with van der Waals surface area (Å²) in [6, 6.07) is 18.8. The molecule has 0 amide bonds. The van der Waals surface area contributed by atoms with Gasteiger partial charge in [0.05, 0.1) is 12.3 Å². The zero-order valence-electron chi connectivity index (χ0n) is 15.4. The summed E-state index contributed by atoms with van der Waals surface area (Å²) in [5.74, 6) is 0.916. The molecule has 0 saturated heterocycles. The van der Waals surface area contributed by atoms with Gasteiger partial charge in [0.15, 0.2) is 5.58 Å². The number of benzene rings is 2. The van der Waals surface area contributed by atoms with E-state index in [1.54, 1.807) is 11.3 Å². The second-order valence-electron chi connectivity index (χ2n) is 7.16. The lowest BCUT2D eigenvalue weighted by Gasteiger charge is -2.14. The fourth-order valence-corrected chi connectivity index (χ4v) is 4.88. The van der Waals surface area contributed by atoms with Crippen molar-refractivity contribution in [2.45, 2.75) is 13.3 Å². The van der Waals surface area contributed by atoms with E-state index in [0.29, 0.717) is 6.61 Å². The Morgan fingerprint density at radius 3 is 2.82 bits per heavy atom. The molecule has 1 aliphatic rings. The summed E-state index contributed by atoms with van der Waals surface area (Å²) in [6.07, 6.45) is 0.775. The zero-order chi connectivity index (χ0) is 18.7. The molecule has 0 spiro atoms. The monoisotopic (exact) mass is 383 g/mol. The van der Waals surface area contributed by atoms with Gasteiger partial charge < -0.3 is 9.15 Å². The highest BCUT2D eigenvalue weighted by atomic mass is 32.1. The van der Waals surface area contributed by atoms with E-state index in [4.69, 9.17) is 14.1 Å². The molecule has 1 aliphatic heterocycles. The Morgan fingerprint density at radius 2 is 1.93 bits per heavy atom. The van der Waals surface area contributed by atoms with Gasteiger partial charge in [-0.2, -0.15) is 0 Å². The molecule has 2 aromatic carbocycles. The average molecular weight is 383 g/mol. The smallest absolute Gasteiger partial charge is 0.163 e. The number of fused-ring (bicyclic) bond motifs is 6. The van der Waals surface area contributed by atoms with Crippen molar-refractivity contribution in [1.29, 1.82) is 0 Å². The molecule has 0 bridgehead atoms. The number of aromatic nitrogens is 1. The first-order valence-electron chi connectivity index (χ1n) is 9.41. The Labute approximate surface area is 166 Å². The predicted molar refractivity (Wildman–Crippen MR) is 114 cm³/mol. The van der Waals surface area contributed by atoms with Crippen LogP contribution < -0.4 is 4.74 Å². The van der Waals surface area contributed by atoms with Gasteiger partial charge in [0.1, 0.15) is 16.8 Å². The van der Waals surface area contributed by atoms with E-state index in [1.165, 1.54) is 10.4 Å². The van der Waals surface area contributed by atoms with Crippen LogP contribution in [0, 0.1) is 6.92 Å². The van der Waals surface area contributed by atoms with Crippen LogP contribution in [0.3, 0.4) is 0 Å². The molecule has 0 radical (unpaired) electrons. The summed E-state index contributed by atoms with van der Waals surface area (Å²) in [6.45, 7) is 2.74. The minimum Gasteiger partial charge on any atom is -0.493 e. The lowest BCUT2D eigenvalue weighted by Crippen LogP contribution is -2.01. The van der Waals surface area contributed by atoms with Crippen LogP contribution in [0.15, 0.2) is 64.4 Å². The molecular weight excluding hydrogens is 366 g/mol. The summed E-state index contributed by atoms with van der Waals surface area (Å²) < 4.78 is 12.4. The van der Waals surface area contributed by atoms with Crippen molar-refractivity contribution in [1.82, 2.24) is 4.98 Å². The first kappa shape index (κ1) is 15.9. The van der Waals surface area contributed by atoms with Gasteiger partial charge in [-0.1, -0.05) is 29.8 Å². The van der Waals surface area contributed by atoms with Crippen LogP contribution in [0.2, 0.25) is 0 Å². The van der Waals surface area contributed by atoms with Crippen LogP contribution in [0.5, 0.6) is 5.75 Å². The SMILES string of the molecule is Cc1ccc2c(c1)-c1c(nc3c(oc4ccccc43)c1-c1cccs1)CCO2. The first-order chi connectivity index (χ1) is 13.8. The molecule has 5 aromatic rings. The Balaban J connectivity index is 1.83. The molecule has 0 unspecified atom stereocenters. The molecule has 0 aliphatic carbocycles. The molecule has 6 rings (SSSR count). The second-order valence-corrected chi connectivity index (χ2v) is 8.11. The lowest BCUT2D eigenvalue weighted by molar-refractivity contribution is 0.325. The molecule has 4 heteroatoms. The van der Waals surface area contributed by atoms with Crippen LogP contribution in [-0.2, 0) is 6.42 Å². The minimum absolute atomic E-state index is 0.626. The largest absolute Gasteiger partial charge is 0.493 e. The van der Waals surface area contributed by atoms with Crippen LogP contribution >= 0.6 is 11.3 Å². The van der Waals surface area contributed by atoms with Crippen LogP contribution in [-0.4, -0.2) is 11.6 Å². The van der Waals surface area contributed by atoms with E-state index < -0.39 is 0 Å². The zero-order valence-corrected chi connectivity index (χ0v) is 16.2. The van der Waals surface area contributed by atoms with Gasteiger partial charge in [-0.15, -0.1) is 11.3 Å². The normalized spacial score (nSPS) is 13.2. The quantitative estimate of drug-likeness (QED) is 0.326. The molecule has 136 valence electrons. The summed E-state index contributed by atoms with van der Waals surface area (Å²) in [5.41, 5.74) is 8.33. The standard InChI is InChI=1S/C24H17NO2S/c1-14-8-9-18-16(13-14)21-17(10-11-26-18)25-23-15-5-2-3-6-19(15)27-24(23)22(21)20-7-4-12-28-20/h2-9,12-13H,10-11H2,1H3. The van der Waals surface area contributed by atoms with E-state index in [9.17, 15) is 0 Å². The van der Waals surface area contributed by atoms with E-state index in [1.807, 2.05) is 18.2 Å². The Morgan fingerprint density at radius 1 is 1.00 bits per heavy atom. The molecule has 0 N–H and O–H groups in total. The highest BCUT2D eigenvalue weighted by Crippen LogP contribution is 2.47. The first-order valence-corrected chi connectivity index (χ1v) is 10.3. The Bertz CT molecular complexity index is 1350. The van der Waals surface area contributed by atoms with Crippen LogP contribution in [0.25, 0.3) is 43.6 Å². The molecule has 0 atom stereocenters. The van der Waals surface area contributed by atoms with Gasteiger partial charge in [0.25, 0.3) is 0 Å². The van der Waals surface area contributed by atoms with E-state index >= 15 is 0 Å². The maximum Gasteiger partial charge on any atom is 0.163 e. The third-order valence-electron chi connectivity index (χ3n) is 5.35. The van der Waals surface area contributed by atoms with Crippen molar-refractivity contribution >= 4 is 33.4 Å². The van der Waals surface area contributed by atoms with E-state index in [-0.39, 0.29) is 0 Å². The van der Waals surface area contributed by atoms with Gasteiger partial charge >= 0.3 is 0 Å². The summed E-state index contributed by atoms with van der Waals surface area (Å²) >= 11 is 1.73. The number of hydrogen-bond donors (Lipinski definition) is 0. The topological polar surface area (TPSA) is 35.3 Å². The highest BCUT2D eigenvalue weighted by molar-refractivity contribution is 7.13. The molecule has 3 aromatic heterocycles. The molecule has 3 nitrogen and oxygen atoms in total. The highest BCUT2D eigenvalue weighted by Gasteiger charge is 2.26. The Hall–Kier alpha value is -3.11. The van der Waals surface area contributed by atoms with Crippen molar-refractivity contribution in [3.05, 3.63) is 71.2 Å². The summed E-state index contributed by atoms with van der Waals surface area (Å²) in [4.78, 5) is 6.29. The average Bonchev–Trinajstić information content (AvgIpc) is 3.32. The summed E-state index contributed by atoms with van der Waals surface area (Å²) in [7, 11) is 0. The van der Waals surface area contributed by atoms with Crippen molar-refractivity contribution in [2.24, 2.45) is 0 Å². The van der Waals surface area contributed by atoms with Crippen LogP contribution in [0.1, 0.15) is 11.3 Å².